The van der Waals surface area contributed by atoms with Crippen molar-refractivity contribution in [2.75, 3.05) is 32.7 Å². The van der Waals surface area contributed by atoms with Crippen molar-refractivity contribution in [1.29, 1.82) is 0 Å². The van der Waals surface area contributed by atoms with E-state index in [9.17, 15) is 9.18 Å². The highest BCUT2D eigenvalue weighted by atomic mass is 32.2. The Morgan fingerprint density at radius 1 is 0.952 bits per heavy atom. The molecule has 0 atom stereocenters. The topological polar surface area (TPSA) is 80.0 Å². The number of rotatable bonds is 9. The van der Waals surface area contributed by atoms with Crippen molar-refractivity contribution < 1.29 is 9.18 Å². The van der Waals surface area contributed by atoms with Crippen LogP contribution >= 0.6 is 23.1 Å². The van der Waals surface area contributed by atoms with Gasteiger partial charge in [0.2, 0.25) is 0 Å². The monoisotopic (exact) mass is 597 g/mol. The zero-order valence-corrected chi connectivity index (χ0v) is 24.3. The molecule has 8 nitrogen and oxygen atoms in total. The SMILES string of the molecule is O=C(c1csc(CSc2nnc(-c3ccncc3)n2-c2ccccc2F)n1)N1CCN(CC=Cc2ccccc2)CC1. The lowest BCUT2D eigenvalue weighted by molar-refractivity contribution is 0.0645. The van der Waals surface area contributed by atoms with E-state index in [0.717, 1.165) is 30.2 Å². The summed E-state index contributed by atoms with van der Waals surface area (Å²) in [6.07, 6.45) is 7.63. The van der Waals surface area contributed by atoms with E-state index in [1.807, 2.05) is 40.6 Å². The molecule has 1 saturated heterocycles. The highest BCUT2D eigenvalue weighted by Gasteiger charge is 2.24. The Morgan fingerprint density at radius 2 is 1.71 bits per heavy atom. The summed E-state index contributed by atoms with van der Waals surface area (Å²) in [4.78, 5) is 26.1. The fraction of sp³-hybridized carbons (Fsp3) is 0.194. The summed E-state index contributed by atoms with van der Waals surface area (Å²) >= 11 is 2.84. The Bertz CT molecular complexity index is 1670. The Balaban J connectivity index is 1.08. The van der Waals surface area contributed by atoms with Crippen LogP contribution in [0.2, 0.25) is 0 Å². The maximum Gasteiger partial charge on any atom is 0.273 e. The third-order valence-corrected chi connectivity index (χ3v) is 8.87. The molecule has 0 saturated carbocycles. The molecule has 1 aliphatic heterocycles. The van der Waals surface area contributed by atoms with Crippen molar-refractivity contribution in [2.45, 2.75) is 10.9 Å². The van der Waals surface area contributed by atoms with Crippen LogP contribution in [0.3, 0.4) is 0 Å². The van der Waals surface area contributed by atoms with Crippen molar-refractivity contribution in [1.82, 2.24) is 34.5 Å². The number of para-hydroxylation sites is 1. The number of piperazine rings is 1. The molecule has 1 aliphatic rings. The molecule has 1 amide bonds. The van der Waals surface area contributed by atoms with Crippen LogP contribution in [0.4, 0.5) is 4.39 Å². The van der Waals surface area contributed by atoms with E-state index in [-0.39, 0.29) is 11.7 Å². The summed E-state index contributed by atoms with van der Waals surface area (Å²) in [6, 6.07) is 20.4. The van der Waals surface area contributed by atoms with Gasteiger partial charge in [-0.2, -0.15) is 0 Å². The summed E-state index contributed by atoms with van der Waals surface area (Å²) < 4.78 is 16.6. The summed E-state index contributed by atoms with van der Waals surface area (Å²) in [5, 5.41) is 11.9. The van der Waals surface area contributed by atoms with Gasteiger partial charge in [-0.05, 0) is 29.8 Å². The van der Waals surface area contributed by atoms with Gasteiger partial charge in [0.05, 0.1) is 11.4 Å². The molecule has 11 heteroatoms. The van der Waals surface area contributed by atoms with Crippen LogP contribution < -0.4 is 0 Å². The molecule has 5 aromatic rings. The number of thioether (sulfide) groups is 1. The van der Waals surface area contributed by atoms with Crippen LogP contribution in [-0.2, 0) is 5.75 Å². The van der Waals surface area contributed by atoms with Crippen molar-refractivity contribution in [3.8, 4) is 17.1 Å². The minimum absolute atomic E-state index is 0.0449. The van der Waals surface area contributed by atoms with Gasteiger partial charge in [0.25, 0.3) is 5.91 Å². The van der Waals surface area contributed by atoms with Gasteiger partial charge in [0.1, 0.15) is 16.5 Å². The third kappa shape index (κ3) is 6.48. The van der Waals surface area contributed by atoms with Crippen LogP contribution in [0.25, 0.3) is 23.2 Å². The number of thiazole rings is 1. The van der Waals surface area contributed by atoms with Crippen LogP contribution in [0.1, 0.15) is 21.1 Å². The fourth-order valence-electron chi connectivity index (χ4n) is 4.70. The number of carbonyl (C=O) groups excluding carboxylic acids is 1. The average molecular weight is 598 g/mol. The Kier molecular flexibility index (Phi) is 8.78. The molecule has 0 spiro atoms. The van der Waals surface area contributed by atoms with Gasteiger partial charge in [-0.3, -0.25) is 19.2 Å². The van der Waals surface area contributed by atoms with E-state index in [4.69, 9.17) is 0 Å². The largest absolute Gasteiger partial charge is 0.335 e. The van der Waals surface area contributed by atoms with Crippen molar-refractivity contribution in [3.05, 3.63) is 113 Å². The van der Waals surface area contributed by atoms with Crippen molar-refractivity contribution >= 4 is 35.1 Å². The molecule has 2 aromatic carbocycles. The van der Waals surface area contributed by atoms with Gasteiger partial charge in [-0.1, -0.05) is 66.4 Å². The molecular formula is C31H28FN7OS2. The molecule has 0 radical (unpaired) electrons. The summed E-state index contributed by atoms with van der Waals surface area (Å²) in [6.45, 7) is 3.84. The molecule has 1 fully saturated rings. The van der Waals surface area contributed by atoms with Gasteiger partial charge in [-0.25, -0.2) is 9.37 Å². The van der Waals surface area contributed by atoms with Crippen LogP contribution in [0.5, 0.6) is 0 Å². The normalized spacial score (nSPS) is 14.1. The lowest BCUT2D eigenvalue weighted by Crippen LogP contribution is -2.48. The fourth-order valence-corrected chi connectivity index (χ4v) is 6.43. The van der Waals surface area contributed by atoms with Gasteiger partial charge in [0, 0.05) is 56.1 Å². The second kappa shape index (κ2) is 13.2. The van der Waals surface area contributed by atoms with Crippen molar-refractivity contribution in [3.63, 3.8) is 0 Å². The number of nitrogens with zero attached hydrogens (tertiary/aromatic N) is 7. The first-order valence-corrected chi connectivity index (χ1v) is 15.4. The number of pyridine rings is 1. The average Bonchev–Trinajstić information content (AvgIpc) is 3.69. The first-order valence-electron chi connectivity index (χ1n) is 13.6. The predicted molar refractivity (Wildman–Crippen MR) is 164 cm³/mol. The minimum Gasteiger partial charge on any atom is -0.335 e. The van der Waals surface area contributed by atoms with Crippen LogP contribution in [0, 0.1) is 5.82 Å². The van der Waals surface area contributed by atoms with Gasteiger partial charge >= 0.3 is 0 Å². The lowest BCUT2D eigenvalue weighted by Gasteiger charge is -2.33. The molecule has 6 rings (SSSR count). The maximum absolute atomic E-state index is 14.9. The molecule has 3 aromatic heterocycles. The summed E-state index contributed by atoms with van der Waals surface area (Å²) in [5.74, 6) is 0.581. The van der Waals surface area contributed by atoms with Gasteiger partial charge in [-0.15, -0.1) is 21.5 Å². The lowest BCUT2D eigenvalue weighted by atomic mass is 10.2. The van der Waals surface area contributed by atoms with E-state index >= 15 is 0 Å². The Morgan fingerprint density at radius 3 is 2.50 bits per heavy atom. The quantitative estimate of drug-likeness (QED) is 0.202. The molecule has 0 bridgehead atoms. The summed E-state index contributed by atoms with van der Waals surface area (Å²) in [5.41, 5.74) is 2.79. The van der Waals surface area contributed by atoms with Gasteiger partial charge < -0.3 is 4.90 Å². The molecule has 0 unspecified atom stereocenters. The molecular weight excluding hydrogens is 570 g/mol. The molecule has 42 heavy (non-hydrogen) atoms. The van der Waals surface area contributed by atoms with E-state index in [1.54, 1.807) is 35.2 Å². The van der Waals surface area contributed by atoms with Crippen LogP contribution in [-0.4, -0.2) is 73.2 Å². The third-order valence-electron chi connectivity index (χ3n) is 6.89. The zero-order valence-electron chi connectivity index (χ0n) is 22.7. The highest BCUT2D eigenvalue weighted by Crippen LogP contribution is 2.31. The van der Waals surface area contributed by atoms with Gasteiger partial charge in [0.15, 0.2) is 11.0 Å². The van der Waals surface area contributed by atoms with E-state index in [1.165, 1.54) is 34.7 Å². The Hall–Kier alpha value is -4.19. The van der Waals surface area contributed by atoms with E-state index in [0.29, 0.717) is 41.2 Å². The predicted octanol–water partition coefficient (Wildman–Crippen LogP) is 5.69. The molecule has 4 heterocycles. The van der Waals surface area contributed by atoms with Crippen molar-refractivity contribution in [2.24, 2.45) is 0 Å². The number of hydrogen-bond donors (Lipinski definition) is 0. The number of amides is 1. The maximum atomic E-state index is 14.9. The Labute approximate surface area is 251 Å². The van der Waals surface area contributed by atoms with Crippen LogP contribution in [0.15, 0.2) is 95.7 Å². The standard InChI is InChI=1S/C31H28FN7OS2/c32-25-10-4-5-11-27(25)39-29(24-12-14-33-15-13-24)35-36-31(39)42-22-28-34-26(21-41-28)30(40)38-19-17-37(18-20-38)16-6-9-23-7-2-1-3-8-23/h1-15,21H,16-20,22H2. The molecule has 0 N–H and O–H groups in total. The van der Waals surface area contributed by atoms with E-state index < -0.39 is 0 Å². The highest BCUT2D eigenvalue weighted by molar-refractivity contribution is 7.98. The first kappa shape index (κ1) is 28.0. The number of benzene rings is 2. The number of halogens is 1. The molecule has 212 valence electrons. The second-order valence-electron chi connectivity index (χ2n) is 9.65. The first-order chi connectivity index (χ1) is 20.7. The smallest absolute Gasteiger partial charge is 0.273 e. The van der Waals surface area contributed by atoms with E-state index in [2.05, 4.69) is 49.4 Å². The molecule has 0 aliphatic carbocycles. The minimum atomic E-state index is -0.371. The number of carbonyl (C=O) groups is 1. The zero-order chi connectivity index (χ0) is 28.7. The summed E-state index contributed by atoms with van der Waals surface area (Å²) in [7, 11) is 0. The number of hydrogen-bond acceptors (Lipinski definition) is 8. The number of aromatic nitrogens is 5. The second-order valence-corrected chi connectivity index (χ2v) is 11.5.